The fourth-order valence-electron chi connectivity index (χ4n) is 2.71. The van der Waals surface area contributed by atoms with Crippen LogP contribution in [0.5, 0.6) is 0 Å². The molecule has 2 rings (SSSR count). The second-order valence-electron chi connectivity index (χ2n) is 6.16. The van der Waals surface area contributed by atoms with Gasteiger partial charge in [0.1, 0.15) is 0 Å². The van der Waals surface area contributed by atoms with Gasteiger partial charge in [0.05, 0.1) is 6.04 Å². The maximum Gasteiger partial charge on any atom is 0.237 e. The lowest BCUT2D eigenvalue weighted by Gasteiger charge is -2.30. The molecule has 0 unspecified atom stereocenters. The number of nitrogens with one attached hydrogen (secondary N) is 1. The van der Waals surface area contributed by atoms with E-state index in [9.17, 15) is 4.79 Å². The Morgan fingerprint density at radius 2 is 1.90 bits per heavy atom. The van der Waals surface area contributed by atoms with Crippen LogP contribution in [-0.4, -0.2) is 25.0 Å². The van der Waals surface area contributed by atoms with Gasteiger partial charge in [0, 0.05) is 25.3 Å². The summed E-state index contributed by atoms with van der Waals surface area (Å²) >= 11 is 0. The molecule has 1 fully saturated rings. The monoisotopic (exact) mass is 289 g/mol. The van der Waals surface area contributed by atoms with E-state index in [1.165, 1.54) is 30.5 Å². The van der Waals surface area contributed by atoms with E-state index in [1.54, 1.807) is 0 Å². The minimum absolute atomic E-state index is 0.0709. The maximum absolute atomic E-state index is 12.0. The Kier molecular flexibility index (Phi) is 5.62. The van der Waals surface area contributed by atoms with Gasteiger partial charge in [-0.15, -0.1) is 0 Å². The summed E-state index contributed by atoms with van der Waals surface area (Å²) in [5.41, 5.74) is 8.30. The second-order valence-corrected chi connectivity index (χ2v) is 6.16. The fraction of sp³-hybridized carbons (Fsp3) is 0.588. The molecule has 0 radical (unpaired) electrons. The minimum atomic E-state index is -0.438. The Hall–Kier alpha value is -1.55. The van der Waals surface area contributed by atoms with Gasteiger partial charge < -0.3 is 16.0 Å². The molecule has 0 aliphatic carbocycles. The molecular weight excluding hydrogens is 262 g/mol. The molecule has 1 aliphatic rings. The summed E-state index contributed by atoms with van der Waals surface area (Å²) in [7, 11) is 0. The number of nitrogens with zero attached hydrogens (tertiary/aromatic N) is 1. The van der Waals surface area contributed by atoms with Gasteiger partial charge in [0.15, 0.2) is 0 Å². The molecule has 1 aromatic rings. The first-order chi connectivity index (χ1) is 10.1. The SMILES string of the molecule is CC(C)[C@H](N)C(=O)NCc1ccccc1N1CCCCC1. The molecule has 4 heteroatoms. The van der Waals surface area contributed by atoms with E-state index < -0.39 is 6.04 Å². The van der Waals surface area contributed by atoms with Crippen molar-refractivity contribution in [2.45, 2.75) is 45.7 Å². The smallest absolute Gasteiger partial charge is 0.237 e. The summed E-state index contributed by atoms with van der Waals surface area (Å²) in [6.07, 6.45) is 3.82. The molecular formula is C17H27N3O. The van der Waals surface area contributed by atoms with E-state index >= 15 is 0 Å². The molecule has 0 saturated carbocycles. The third-order valence-electron chi connectivity index (χ3n) is 4.16. The first-order valence-corrected chi connectivity index (χ1v) is 7.95. The lowest BCUT2D eigenvalue weighted by Crippen LogP contribution is -2.43. The van der Waals surface area contributed by atoms with Crippen molar-refractivity contribution < 1.29 is 4.79 Å². The van der Waals surface area contributed by atoms with Crippen LogP contribution in [-0.2, 0) is 11.3 Å². The highest BCUT2D eigenvalue weighted by Crippen LogP contribution is 2.24. The number of carbonyl (C=O) groups is 1. The number of anilines is 1. The number of carbonyl (C=O) groups excluding carboxylic acids is 1. The fourth-order valence-corrected chi connectivity index (χ4v) is 2.71. The molecule has 0 aromatic heterocycles. The molecule has 4 nitrogen and oxygen atoms in total. The summed E-state index contributed by atoms with van der Waals surface area (Å²) < 4.78 is 0. The zero-order chi connectivity index (χ0) is 15.2. The summed E-state index contributed by atoms with van der Waals surface area (Å²) in [5, 5.41) is 2.97. The van der Waals surface area contributed by atoms with Crippen molar-refractivity contribution in [2.24, 2.45) is 11.7 Å². The second kappa shape index (κ2) is 7.46. The van der Waals surface area contributed by atoms with Gasteiger partial charge >= 0.3 is 0 Å². The maximum atomic E-state index is 12.0. The van der Waals surface area contributed by atoms with Crippen LogP contribution in [0.1, 0.15) is 38.7 Å². The number of para-hydroxylation sites is 1. The van der Waals surface area contributed by atoms with Crippen molar-refractivity contribution in [2.75, 3.05) is 18.0 Å². The summed E-state index contributed by atoms with van der Waals surface area (Å²) in [6.45, 7) is 6.69. The van der Waals surface area contributed by atoms with E-state index in [0.717, 1.165) is 13.1 Å². The predicted octanol–water partition coefficient (Wildman–Crippen LogP) is 2.28. The number of hydrogen-bond donors (Lipinski definition) is 2. The molecule has 21 heavy (non-hydrogen) atoms. The van der Waals surface area contributed by atoms with Crippen molar-refractivity contribution in [3.05, 3.63) is 29.8 Å². The van der Waals surface area contributed by atoms with Gasteiger partial charge in [-0.1, -0.05) is 32.0 Å². The van der Waals surface area contributed by atoms with E-state index in [1.807, 2.05) is 19.9 Å². The quantitative estimate of drug-likeness (QED) is 0.874. The van der Waals surface area contributed by atoms with E-state index in [0.29, 0.717) is 6.54 Å². The van der Waals surface area contributed by atoms with Gasteiger partial charge in [-0.25, -0.2) is 0 Å². The summed E-state index contributed by atoms with van der Waals surface area (Å²) in [4.78, 5) is 14.4. The third kappa shape index (κ3) is 4.21. The van der Waals surface area contributed by atoms with E-state index in [4.69, 9.17) is 5.73 Å². The predicted molar refractivity (Wildman–Crippen MR) is 87.2 cm³/mol. The Labute approximate surface area is 127 Å². The van der Waals surface area contributed by atoms with Crippen molar-refractivity contribution in [1.29, 1.82) is 0 Å². The zero-order valence-corrected chi connectivity index (χ0v) is 13.1. The largest absolute Gasteiger partial charge is 0.371 e. The third-order valence-corrected chi connectivity index (χ3v) is 4.16. The zero-order valence-electron chi connectivity index (χ0n) is 13.1. The topological polar surface area (TPSA) is 58.4 Å². The molecule has 1 atom stereocenters. The Morgan fingerprint density at radius 3 is 2.57 bits per heavy atom. The Morgan fingerprint density at radius 1 is 1.24 bits per heavy atom. The van der Waals surface area contributed by atoms with Crippen LogP contribution >= 0.6 is 0 Å². The van der Waals surface area contributed by atoms with Crippen LogP contribution in [0.15, 0.2) is 24.3 Å². The van der Waals surface area contributed by atoms with E-state index in [2.05, 4.69) is 28.4 Å². The van der Waals surface area contributed by atoms with Gasteiger partial charge in [-0.3, -0.25) is 4.79 Å². The highest BCUT2D eigenvalue weighted by molar-refractivity contribution is 5.81. The number of amides is 1. The highest BCUT2D eigenvalue weighted by Gasteiger charge is 2.18. The first-order valence-electron chi connectivity index (χ1n) is 7.95. The van der Waals surface area contributed by atoms with Crippen LogP contribution in [0.4, 0.5) is 5.69 Å². The van der Waals surface area contributed by atoms with Crippen LogP contribution < -0.4 is 16.0 Å². The molecule has 1 saturated heterocycles. The van der Waals surface area contributed by atoms with Crippen molar-refractivity contribution in [1.82, 2.24) is 5.32 Å². The highest BCUT2D eigenvalue weighted by atomic mass is 16.2. The molecule has 3 N–H and O–H groups in total. The Balaban J connectivity index is 2.01. The average molecular weight is 289 g/mol. The molecule has 1 aliphatic heterocycles. The first kappa shape index (κ1) is 15.8. The van der Waals surface area contributed by atoms with Crippen LogP contribution in [0.3, 0.4) is 0 Å². The van der Waals surface area contributed by atoms with Gasteiger partial charge in [-0.2, -0.15) is 0 Å². The van der Waals surface area contributed by atoms with E-state index in [-0.39, 0.29) is 11.8 Å². The Bertz CT molecular complexity index is 467. The summed E-state index contributed by atoms with van der Waals surface area (Å²) in [5.74, 6) is 0.0841. The molecule has 0 bridgehead atoms. The lowest BCUT2D eigenvalue weighted by molar-refractivity contribution is -0.123. The lowest BCUT2D eigenvalue weighted by atomic mass is 10.0. The van der Waals surface area contributed by atoms with Crippen molar-refractivity contribution >= 4 is 11.6 Å². The van der Waals surface area contributed by atoms with Gasteiger partial charge in [0.2, 0.25) is 5.91 Å². The molecule has 1 heterocycles. The average Bonchev–Trinajstić information content (AvgIpc) is 2.52. The normalized spacial score (nSPS) is 16.9. The van der Waals surface area contributed by atoms with Gasteiger partial charge in [0.25, 0.3) is 0 Å². The number of nitrogens with two attached hydrogens (primary N) is 1. The number of hydrogen-bond acceptors (Lipinski definition) is 3. The number of piperidine rings is 1. The standard InChI is InChI=1S/C17H27N3O/c1-13(2)16(18)17(21)19-12-14-8-4-5-9-15(14)20-10-6-3-7-11-20/h4-5,8-9,13,16H,3,6-7,10-12,18H2,1-2H3,(H,19,21)/t16-/m0/s1. The summed E-state index contributed by atoms with van der Waals surface area (Å²) in [6, 6.07) is 7.89. The molecule has 0 spiro atoms. The van der Waals surface area contributed by atoms with Crippen LogP contribution in [0, 0.1) is 5.92 Å². The number of benzene rings is 1. The minimum Gasteiger partial charge on any atom is -0.371 e. The number of rotatable bonds is 5. The molecule has 1 amide bonds. The van der Waals surface area contributed by atoms with Gasteiger partial charge in [-0.05, 0) is 36.8 Å². The van der Waals surface area contributed by atoms with Crippen molar-refractivity contribution in [3.8, 4) is 0 Å². The molecule has 1 aromatic carbocycles. The van der Waals surface area contributed by atoms with Crippen LogP contribution in [0.25, 0.3) is 0 Å². The van der Waals surface area contributed by atoms with Crippen molar-refractivity contribution in [3.63, 3.8) is 0 Å². The molecule has 116 valence electrons. The van der Waals surface area contributed by atoms with Crippen LogP contribution in [0.2, 0.25) is 0 Å².